The van der Waals surface area contributed by atoms with Crippen LogP contribution in [0.1, 0.15) is 19.3 Å². The van der Waals surface area contributed by atoms with Crippen LogP contribution in [0.15, 0.2) is 0 Å². The summed E-state index contributed by atoms with van der Waals surface area (Å²) >= 11 is 0. The molecule has 0 bridgehead atoms. The Labute approximate surface area is 74.7 Å². The molecule has 1 aliphatic rings. The maximum atomic E-state index is 11.7. The topological polar surface area (TPSA) is 29.5 Å². The van der Waals surface area contributed by atoms with E-state index in [0.717, 1.165) is 19.3 Å². The van der Waals surface area contributed by atoms with E-state index in [-0.39, 0.29) is 18.6 Å². The summed E-state index contributed by atoms with van der Waals surface area (Å²) in [5, 5.41) is 8.90. The summed E-state index contributed by atoms with van der Waals surface area (Å²) in [4.78, 5) is 0. The molecule has 0 unspecified atom stereocenters. The third-order valence-electron chi connectivity index (χ3n) is 2.42. The minimum Gasteiger partial charge on any atom is -0.396 e. The molecule has 78 valence electrons. The van der Waals surface area contributed by atoms with Crippen molar-refractivity contribution in [2.24, 2.45) is 5.41 Å². The molecular weight excluding hydrogens is 185 g/mol. The van der Waals surface area contributed by atoms with Crippen LogP contribution in [0.5, 0.6) is 0 Å². The molecule has 0 saturated heterocycles. The van der Waals surface area contributed by atoms with Gasteiger partial charge in [0.1, 0.15) is 6.61 Å². The van der Waals surface area contributed by atoms with Crippen LogP contribution in [0, 0.1) is 5.41 Å². The molecule has 0 aromatic heterocycles. The SMILES string of the molecule is OCC1(COCC(F)(F)F)CCC1. The second kappa shape index (κ2) is 3.84. The highest BCUT2D eigenvalue weighted by Gasteiger charge is 2.38. The molecule has 0 amide bonds. The molecule has 0 atom stereocenters. The number of halogens is 3. The Balaban J connectivity index is 2.18. The van der Waals surface area contributed by atoms with Gasteiger partial charge >= 0.3 is 6.18 Å². The summed E-state index contributed by atoms with van der Waals surface area (Å²) in [5.41, 5.74) is -0.384. The third-order valence-corrected chi connectivity index (χ3v) is 2.42. The van der Waals surface area contributed by atoms with E-state index in [2.05, 4.69) is 4.74 Å². The van der Waals surface area contributed by atoms with E-state index in [9.17, 15) is 13.2 Å². The van der Waals surface area contributed by atoms with Gasteiger partial charge in [-0.25, -0.2) is 0 Å². The van der Waals surface area contributed by atoms with E-state index < -0.39 is 12.8 Å². The predicted molar refractivity (Wildman–Crippen MR) is 40.2 cm³/mol. The highest BCUT2D eigenvalue weighted by Crippen LogP contribution is 2.40. The summed E-state index contributed by atoms with van der Waals surface area (Å²) < 4.78 is 39.5. The van der Waals surface area contributed by atoms with Crippen molar-refractivity contribution in [3.8, 4) is 0 Å². The lowest BCUT2D eigenvalue weighted by Crippen LogP contribution is -2.39. The number of ether oxygens (including phenoxy) is 1. The Bertz CT molecular complexity index is 158. The third kappa shape index (κ3) is 3.15. The summed E-state index contributed by atoms with van der Waals surface area (Å²) in [7, 11) is 0. The number of hydrogen-bond acceptors (Lipinski definition) is 2. The fourth-order valence-electron chi connectivity index (χ4n) is 1.41. The highest BCUT2D eigenvalue weighted by molar-refractivity contribution is 4.86. The molecular formula is C8H13F3O2. The van der Waals surface area contributed by atoms with E-state index in [0.29, 0.717) is 0 Å². The zero-order valence-corrected chi connectivity index (χ0v) is 7.23. The molecule has 2 nitrogen and oxygen atoms in total. The molecule has 1 saturated carbocycles. The summed E-state index contributed by atoms with van der Waals surface area (Å²) in [6.45, 7) is -1.28. The van der Waals surface area contributed by atoms with Crippen molar-refractivity contribution in [3.05, 3.63) is 0 Å². The molecule has 0 aromatic carbocycles. The summed E-state index contributed by atoms with van der Waals surface area (Å²) in [6, 6.07) is 0. The Morgan fingerprint density at radius 1 is 1.31 bits per heavy atom. The standard InChI is InChI=1S/C8H13F3O2/c9-8(10,11)6-13-5-7(4-12)2-1-3-7/h12H,1-6H2. The van der Waals surface area contributed by atoms with Crippen molar-refractivity contribution < 1.29 is 23.0 Å². The lowest BCUT2D eigenvalue weighted by Gasteiger charge is -2.39. The van der Waals surface area contributed by atoms with Crippen LogP contribution in [0.4, 0.5) is 13.2 Å². The Hall–Kier alpha value is -0.290. The second-order valence-corrected chi connectivity index (χ2v) is 3.62. The van der Waals surface area contributed by atoms with Crippen LogP contribution in [-0.2, 0) is 4.74 Å². The van der Waals surface area contributed by atoms with E-state index in [4.69, 9.17) is 5.11 Å². The van der Waals surface area contributed by atoms with Gasteiger partial charge in [0.2, 0.25) is 0 Å². The van der Waals surface area contributed by atoms with Crippen LogP contribution in [0.25, 0.3) is 0 Å². The van der Waals surface area contributed by atoms with E-state index in [1.807, 2.05) is 0 Å². The van der Waals surface area contributed by atoms with E-state index in [1.165, 1.54) is 0 Å². The maximum absolute atomic E-state index is 11.7. The summed E-state index contributed by atoms with van der Waals surface area (Å²) in [6.07, 6.45) is -1.76. The van der Waals surface area contributed by atoms with E-state index in [1.54, 1.807) is 0 Å². The zero-order chi connectivity index (χ0) is 9.95. The first-order chi connectivity index (χ1) is 5.97. The van der Waals surface area contributed by atoms with Crippen molar-refractivity contribution in [3.63, 3.8) is 0 Å². The van der Waals surface area contributed by atoms with Gasteiger partial charge in [-0.3, -0.25) is 0 Å². The molecule has 13 heavy (non-hydrogen) atoms. The monoisotopic (exact) mass is 198 g/mol. The smallest absolute Gasteiger partial charge is 0.396 e. The van der Waals surface area contributed by atoms with Crippen molar-refractivity contribution in [1.29, 1.82) is 0 Å². The van der Waals surface area contributed by atoms with Gasteiger partial charge in [-0.2, -0.15) is 13.2 Å². The molecule has 0 spiro atoms. The number of alkyl halides is 3. The van der Waals surface area contributed by atoms with Crippen LogP contribution >= 0.6 is 0 Å². The van der Waals surface area contributed by atoms with Crippen molar-refractivity contribution >= 4 is 0 Å². The molecule has 5 heteroatoms. The number of rotatable bonds is 4. The molecule has 1 rings (SSSR count). The van der Waals surface area contributed by atoms with Gasteiger partial charge in [-0.05, 0) is 12.8 Å². The first-order valence-corrected chi connectivity index (χ1v) is 4.23. The first-order valence-electron chi connectivity index (χ1n) is 4.23. The first kappa shape index (κ1) is 10.8. The normalized spacial score (nSPS) is 21.2. The fourth-order valence-corrected chi connectivity index (χ4v) is 1.41. The van der Waals surface area contributed by atoms with Crippen molar-refractivity contribution in [1.82, 2.24) is 0 Å². The largest absolute Gasteiger partial charge is 0.411 e. The Kier molecular flexibility index (Phi) is 3.18. The van der Waals surface area contributed by atoms with Gasteiger partial charge in [0.15, 0.2) is 0 Å². The van der Waals surface area contributed by atoms with Gasteiger partial charge in [0.25, 0.3) is 0 Å². The number of aliphatic hydroxyl groups excluding tert-OH is 1. The minimum atomic E-state index is -4.26. The quantitative estimate of drug-likeness (QED) is 0.745. The van der Waals surface area contributed by atoms with E-state index >= 15 is 0 Å². The van der Waals surface area contributed by atoms with Gasteiger partial charge in [0, 0.05) is 5.41 Å². The molecule has 0 radical (unpaired) electrons. The molecule has 1 fully saturated rings. The predicted octanol–water partition coefficient (Wildman–Crippen LogP) is 1.73. The van der Waals surface area contributed by atoms with Crippen LogP contribution in [0.3, 0.4) is 0 Å². The highest BCUT2D eigenvalue weighted by atomic mass is 19.4. The number of aliphatic hydroxyl groups is 1. The summed E-state index contributed by atoms with van der Waals surface area (Å²) in [5.74, 6) is 0. The van der Waals surface area contributed by atoms with Crippen LogP contribution in [0.2, 0.25) is 0 Å². The fraction of sp³-hybridized carbons (Fsp3) is 1.00. The average molecular weight is 198 g/mol. The van der Waals surface area contributed by atoms with Gasteiger partial charge < -0.3 is 9.84 Å². The van der Waals surface area contributed by atoms with Gasteiger partial charge in [-0.1, -0.05) is 6.42 Å². The average Bonchev–Trinajstić information content (AvgIpc) is 1.92. The van der Waals surface area contributed by atoms with Crippen molar-refractivity contribution in [2.45, 2.75) is 25.4 Å². The van der Waals surface area contributed by atoms with Crippen LogP contribution < -0.4 is 0 Å². The molecule has 0 heterocycles. The maximum Gasteiger partial charge on any atom is 0.411 e. The lowest BCUT2D eigenvalue weighted by molar-refractivity contribution is -0.187. The number of hydrogen-bond donors (Lipinski definition) is 1. The Morgan fingerprint density at radius 2 is 1.92 bits per heavy atom. The molecule has 1 aliphatic carbocycles. The van der Waals surface area contributed by atoms with Crippen LogP contribution in [-0.4, -0.2) is 31.1 Å². The van der Waals surface area contributed by atoms with Gasteiger partial charge in [-0.15, -0.1) is 0 Å². The van der Waals surface area contributed by atoms with Gasteiger partial charge in [0.05, 0.1) is 13.2 Å². The lowest BCUT2D eigenvalue weighted by atomic mass is 9.70. The molecule has 0 aliphatic heterocycles. The second-order valence-electron chi connectivity index (χ2n) is 3.62. The zero-order valence-electron chi connectivity index (χ0n) is 7.23. The van der Waals surface area contributed by atoms with Crippen molar-refractivity contribution in [2.75, 3.05) is 19.8 Å². The molecule has 0 aromatic rings. The minimum absolute atomic E-state index is 0.0169. The molecule has 1 N–H and O–H groups in total. The Morgan fingerprint density at radius 3 is 2.23 bits per heavy atom.